The molecule has 0 spiro atoms. The highest BCUT2D eigenvalue weighted by atomic mass is 16.4. The first-order chi connectivity index (χ1) is 12.1. The lowest BCUT2D eigenvalue weighted by Gasteiger charge is -2.23. The zero-order valence-electron chi connectivity index (χ0n) is 14.8. The van der Waals surface area contributed by atoms with Crippen LogP contribution in [0.4, 0.5) is 0 Å². The summed E-state index contributed by atoms with van der Waals surface area (Å²) < 4.78 is 0. The van der Waals surface area contributed by atoms with Gasteiger partial charge in [0.15, 0.2) is 0 Å². The number of nitrogens with zero attached hydrogens (tertiary/aromatic N) is 2. The van der Waals surface area contributed by atoms with Crippen LogP contribution in [0.5, 0.6) is 0 Å². The summed E-state index contributed by atoms with van der Waals surface area (Å²) in [6.07, 6.45) is 6.69. The lowest BCUT2D eigenvalue weighted by molar-refractivity contribution is -0.132. The number of aromatic carboxylic acids is 1. The van der Waals surface area contributed by atoms with Crippen molar-refractivity contribution in [1.29, 1.82) is 0 Å². The molecule has 1 saturated heterocycles. The molecule has 1 saturated carbocycles. The summed E-state index contributed by atoms with van der Waals surface area (Å²) in [6, 6.07) is 7.14. The fourth-order valence-electron chi connectivity index (χ4n) is 4.03. The first-order valence-corrected chi connectivity index (χ1v) is 9.44. The predicted molar refractivity (Wildman–Crippen MR) is 96.5 cm³/mol. The Balaban J connectivity index is 1.51. The predicted octanol–water partition coefficient (Wildman–Crippen LogP) is 3.00. The Morgan fingerprint density at radius 3 is 2.60 bits per heavy atom. The normalized spacial score (nSPS) is 19.8. The van der Waals surface area contributed by atoms with Crippen molar-refractivity contribution >= 4 is 11.9 Å². The van der Waals surface area contributed by atoms with Crippen LogP contribution in [0.3, 0.4) is 0 Å². The Hall–Kier alpha value is -1.88. The van der Waals surface area contributed by atoms with Gasteiger partial charge < -0.3 is 10.0 Å². The monoisotopic (exact) mass is 344 g/mol. The van der Waals surface area contributed by atoms with Crippen molar-refractivity contribution in [2.24, 2.45) is 5.92 Å². The lowest BCUT2D eigenvalue weighted by atomic mass is 10.0. The minimum atomic E-state index is -0.888. The number of rotatable bonds is 5. The molecule has 2 aliphatic rings. The van der Waals surface area contributed by atoms with Crippen molar-refractivity contribution in [1.82, 2.24) is 9.80 Å². The molecule has 1 aromatic rings. The van der Waals surface area contributed by atoms with Crippen LogP contribution in [0, 0.1) is 5.92 Å². The van der Waals surface area contributed by atoms with E-state index in [9.17, 15) is 9.59 Å². The summed E-state index contributed by atoms with van der Waals surface area (Å²) in [4.78, 5) is 28.0. The number of carboxylic acid groups (broad SMARTS) is 1. The van der Waals surface area contributed by atoms with Gasteiger partial charge in [0.1, 0.15) is 0 Å². The van der Waals surface area contributed by atoms with Crippen molar-refractivity contribution in [3.05, 3.63) is 35.4 Å². The molecule has 5 nitrogen and oxygen atoms in total. The van der Waals surface area contributed by atoms with Crippen LogP contribution in [0.2, 0.25) is 0 Å². The second kappa shape index (κ2) is 8.48. The van der Waals surface area contributed by atoms with Gasteiger partial charge in [0.05, 0.1) is 5.56 Å². The average molecular weight is 344 g/mol. The van der Waals surface area contributed by atoms with Crippen LogP contribution < -0.4 is 0 Å². The molecular formula is C20H28N2O3. The van der Waals surface area contributed by atoms with Crippen molar-refractivity contribution in [3.63, 3.8) is 0 Å². The summed E-state index contributed by atoms with van der Waals surface area (Å²) in [5, 5.41) is 9.12. The number of carbonyl (C=O) groups excluding carboxylic acids is 1. The van der Waals surface area contributed by atoms with Crippen LogP contribution in [0.15, 0.2) is 24.3 Å². The van der Waals surface area contributed by atoms with Gasteiger partial charge in [0.2, 0.25) is 5.91 Å². The Morgan fingerprint density at radius 1 is 1.04 bits per heavy atom. The SMILES string of the molecule is O=C(O)c1cccc(CN2CCCN(C(=O)CC3CCCC3)CC2)c1. The molecule has 2 fully saturated rings. The molecule has 1 heterocycles. The Labute approximate surface area is 149 Å². The van der Waals surface area contributed by atoms with Gasteiger partial charge in [-0.05, 0) is 42.9 Å². The van der Waals surface area contributed by atoms with Crippen molar-refractivity contribution in [2.45, 2.75) is 45.1 Å². The molecule has 0 bridgehead atoms. The molecule has 25 heavy (non-hydrogen) atoms. The van der Waals surface area contributed by atoms with E-state index in [1.165, 1.54) is 25.7 Å². The van der Waals surface area contributed by atoms with E-state index in [0.29, 0.717) is 17.4 Å². The van der Waals surface area contributed by atoms with Crippen molar-refractivity contribution in [3.8, 4) is 0 Å². The number of amides is 1. The molecule has 0 radical (unpaired) electrons. The fraction of sp³-hybridized carbons (Fsp3) is 0.600. The van der Waals surface area contributed by atoms with E-state index in [1.807, 2.05) is 11.0 Å². The molecule has 1 amide bonds. The van der Waals surface area contributed by atoms with Crippen molar-refractivity contribution < 1.29 is 14.7 Å². The largest absolute Gasteiger partial charge is 0.478 e. The maximum atomic E-state index is 12.5. The maximum absolute atomic E-state index is 12.5. The molecule has 5 heteroatoms. The van der Waals surface area contributed by atoms with Gasteiger partial charge in [-0.2, -0.15) is 0 Å². The van der Waals surface area contributed by atoms with Crippen LogP contribution in [-0.2, 0) is 11.3 Å². The molecule has 1 aliphatic carbocycles. The molecule has 1 aliphatic heterocycles. The maximum Gasteiger partial charge on any atom is 0.335 e. The summed E-state index contributed by atoms with van der Waals surface area (Å²) in [5.41, 5.74) is 1.35. The summed E-state index contributed by atoms with van der Waals surface area (Å²) >= 11 is 0. The van der Waals surface area contributed by atoms with Gasteiger partial charge in [0, 0.05) is 39.1 Å². The topological polar surface area (TPSA) is 60.9 Å². The fourth-order valence-corrected chi connectivity index (χ4v) is 4.03. The standard InChI is InChI=1S/C20H28N2O3/c23-19(14-16-5-1-2-6-16)22-10-4-9-21(11-12-22)15-17-7-3-8-18(13-17)20(24)25/h3,7-8,13,16H,1-2,4-6,9-12,14-15H2,(H,24,25). The second-order valence-electron chi connectivity index (χ2n) is 7.37. The number of benzene rings is 1. The number of hydrogen-bond acceptors (Lipinski definition) is 3. The second-order valence-corrected chi connectivity index (χ2v) is 7.37. The van der Waals surface area contributed by atoms with E-state index < -0.39 is 5.97 Å². The van der Waals surface area contributed by atoms with Crippen molar-refractivity contribution in [2.75, 3.05) is 26.2 Å². The highest BCUT2D eigenvalue weighted by Crippen LogP contribution is 2.28. The van der Waals surface area contributed by atoms with E-state index in [1.54, 1.807) is 18.2 Å². The zero-order valence-corrected chi connectivity index (χ0v) is 14.8. The van der Waals surface area contributed by atoms with Gasteiger partial charge >= 0.3 is 5.97 Å². The first kappa shape index (κ1) is 17.9. The highest BCUT2D eigenvalue weighted by molar-refractivity contribution is 5.87. The number of hydrogen-bond donors (Lipinski definition) is 1. The van der Waals surface area contributed by atoms with E-state index in [-0.39, 0.29) is 0 Å². The lowest BCUT2D eigenvalue weighted by Crippen LogP contribution is -2.35. The van der Waals surface area contributed by atoms with Crippen LogP contribution in [-0.4, -0.2) is 53.0 Å². The average Bonchev–Trinajstić information content (AvgIpc) is 2.99. The Bertz CT molecular complexity index is 611. The van der Waals surface area contributed by atoms with Gasteiger partial charge in [0.25, 0.3) is 0 Å². The third-order valence-electron chi connectivity index (χ3n) is 5.46. The third kappa shape index (κ3) is 5.05. The minimum absolute atomic E-state index is 0.321. The third-order valence-corrected chi connectivity index (χ3v) is 5.46. The molecule has 1 aromatic carbocycles. The minimum Gasteiger partial charge on any atom is -0.478 e. The molecule has 0 aromatic heterocycles. The van der Waals surface area contributed by atoms with E-state index >= 15 is 0 Å². The quantitative estimate of drug-likeness (QED) is 0.892. The summed E-state index contributed by atoms with van der Waals surface area (Å²) in [7, 11) is 0. The Morgan fingerprint density at radius 2 is 1.84 bits per heavy atom. The van der Waals surface area contributed by atoms with Crippen LogP contribution >= 0.6 is 0 Å². The van der Waals surface area contributed by atoms with Gasteiger partial charge in [-0.25, -0.2) is 4.79 Å². The summed E-state index contributed by atoms with van der Waals surface area (Å²) in [5.74, 6) is 0.0358. The van der Waals surface area contributed by atoms with E-state index in [2.05, 4.69) is 4.90 Å². The van der Waals surface area contributed by atoms with Crippen LogP contribution in [0.1, 0.15) is 54.4 Å². The number of carboxylic acids is 1. The molecule has 0 unspecified atom stereocenters. The first-order valence-electron chi connectivity index (χ1n) is 9.44. The van der Waals surface area contributed by atoms with E-state index in [4.69, 9.17) is 5.11 Å². The smallest absolute Gasteiger partial charge is 0.335 e. The van der Waals surface area contributed by atoms with Gasteiger partial charge in [-0.1, -0.05) is 25.0 Å². The number of carbonyl (C=O) groups is 2. The molecule has 0 atom stereocenters. The Kier molecular flexibility index (Phi) is 6.08. The zero-order chi connectivity index (χ0) is 17.6. The van der Waals surface area contributed by atoms with E-state index in [0.717, 1.165) is 51.1 Å². The molecule has 1 N–H and O–H groups in total. The molecule has 136 valence electrons. The summed E-state index contributed by atoms with van der Waals surface area (Å²) in [6.45, 7) is 4.17. The van der Waals surface area contributed by atoms with Gasteiger partial charge in [-0.15, -0.1) is 0 Å². The van der Waals surface area contributed by atoms with Gasteiger partial charge in [-0.3, -0.25) is 9.69 Å². The van der Waals surface area contributed by atoms with Crippen LogP contribution in [0.25, 0.3) is 0 Å². The highest BCUT2D eigenvalue weighted by Gasteiger charge is 2.24. The molecule has 3 rings (SSSR count). The molecular weight excluding hydrogens is 316 g/mol.